The summed E-state index contributed by atoms with van der Waals surface area (Å²) in [5, 5.41) is 0. The number of nitrogens with zero attached hydrogens (tertiary/aromatic N) is 2. The number of rotatable bonds is 8. The smallest absolute Gasteiger partial charge is 0.0635 e. The molecule has 0 N–H and O–H groups in total. The summed E-state index contributed by atoms with van der Waals surface area (Å²) in [4.78, 5) is 4.73. The molecule has 1 aliphatic rings. The molecule has 2 aromatic rings. The number of hydrogen-bond acceptors (Lipinski definition) is 3. The molecule has 0 spiro atoms. The molecule has 3 nitrogen and oxygen atoms in total. The first-order valence-electron chi connectivity index (χ1n) is 11.0. The predicted octanol–water partition coefficient (Wildman–Crippen LogP) is 5.49. The van der Waals surface area contributed by atoms with Crippen LogP contribution in [0.3, 0.4) is 0 Å². The molecule has 1 saturated heterocycles. The second-order valence-electron chi connectivity index (χ2n) is 9.36. The van der Waals surface area contributed by atoms with Crippen LogP contribution in [-0.4, -0.2) is 44.3 Å². The van der Waals surface area contributed by atoms with Crippen LogP contribution in [0.2, 0.25) is 0 Å². The van der Waals surface area contributed by atoms with Crippen LogP contribution in [0.15, 0.2) is 54.6 Å². The van der Waals surface area contributed by atoms with Gasteiger partial charge in [0, 0.05) is 38.3 Å². The maximum atomic E-state index is 6.08. The van der Waals surface area contributed by atoms with E-state index in [0.29, 0.717) is 0 Å². The number of ether oxygens (including phenoxy) is 1. The van der Waals surface area contributed by atoms with Gasteiger partial charge in [-0.25, -0.2) is 0 Å². The van der Waals surface area contributed by atoms with Gasteiger partial charge in [-0.05, 0) is 69.5 Å². The average Bonchev–Trinajstić information content (AvgIpc) is 2.71. The van der Waals surface area contributed by atoms with Crippen molar-refractivity contribution < 1.29 is 4.74 Å². The number of benzene rings is 2. The molecule has 0 amide bonds. The molecule has 29 heavy (non-hydrogen) atoms. The van der Waals surface area contributed by atoms with Crippen molar-refractivity contribution in [2.24, 2.45) is 0 Å². The van der Waals surface area contributed by atoms with E-state index in [9.17, 15) is 0 Å². The molecule has 1 atom stereocenters. The Hall–Kier alpha value is -1.84. The van der Waals surface area contributed by atoms with E-state index in [-0.39, 0.29) is 11.0 Å². The zero-order valence-corrected chi connectivity index (χ0v) is 18.9. The van der Waals surface area contributed by atoms with E-state index in [1.807, 2.05) is 0 Å². The SMILES string of the molecule is CCN(CCC1(c2ccccc2)CCOC(C)(C)C1)Cc1ccc(N(C)C)cc1. The van der Waals surface area contributed by atoms with E-state index >= 15 is 0 Å². The molecule has 0 aliphatic carbocycles. The van der Waals surface area contributed by atoms with Gasteiger partial charge in [0.05, 0.1) is 5.60 Å². The maximum absolute atomic E-state index is 6.08. The van der Waals surface area contributed by atoms with Crippen LogP contribution in [0.25, 0.3) is 0 Å². The van der Waals surface area contributed by atoms with Crippen LogP contribution in [-0.2, 0) is 16.7 Å². The van der Waals surface area contributed by atoms with Crippen LogP contribution in [0.5, 0.6) is 0 Å². The first-order chi connectivity index (χ1) is 13.8. The van der Waals surface area contributed by atoms with E-state index in [0.717, 1.165) is 39.1 Å². The highest BCUT2D eigenvalue weighted by molar-refractivity contribution is 5.46. The van der Waals surface area contributed by atoms with Crippen molar-refractivity contribution in [2.45, 2.75) is 57.6 Å². The minimum absolute atomic E-state index is 0.0624. The summed E-state index contributed by atoms with van der Waals surface area (Å²) in [6, 6.07) is 20.1. The monoisotopic (exact) mass is 394 g/mol. The topological polar surface area (TPSA) is 15.7 Å². The molecule has 3 rings (SSSR count). The van der Waals surface area contributed by atoms with Crippen LogP contribution >= 0.6 is 0 Å². The summed E-state index contributed by atoms with van der Waals surface area (Å²) < 4.78 is 6.08. The average molecular weight is 395 g/mol. The zero-order valence-electron chi connectivity index (χ0n) is 18.9. The Morgan fingerprint density at radius 1 is 0.966 bits per heavy atom. The molecule has 0 saturated carbocycles. The summed E-state index contributed by atoms with van der Waals surface area (Å²) in [5.41, 5.74) is 4.25. The third kappa shape index (κ3) is 5.61. The molecule has 1 unspecified atom stereocenters. The summed E-state index contributed by atoms with van der Waals surface area (Å²) in [6.45, 7) is 10.8. The second-order valence-corrected chi connectivity index (χ2v) is 9.36. The molecule has 1 aliphatic heterocycles. The van der Waals surface area contributed by atoms with Crippen LogP contribution < -0.4 is 4.90 Å². The van der Waals surface area contributed by atoms with Crippen LogP contribution in [0.1, 0.15) is 51.2 Å². The minimum Gasteiger partial charge on any atom is -0.378 e. The fourth-order valence-corrected chi connectivity index (χ4v) is 4.75. The van der Waals surface area contributed by atoms with Gasteiger partial charge in [-0.1, -0.05) is 49.4 Å². The largest absolute Gasteiger partial charge is 0.378 e. The van der Waals surface area contributed by atoms with Crippen LogP contribution in [0.4, 0.5) is 5.69 Å². The molecule has 3 heteroatoms. The normalized spacial score (nSPS) is 21.3. The van der Waals surface area contributed by atoms with Crippen LogP contribution in [0, 0.1) is 0 Å². The lowest BCUT2D eigenvalue weighted by Gasteiger charge is -2.46. The van der Waals surface area contributed by atoms with E-state index in [1.165, 1.54) is 23.2 Å². The molecule has 0 aromatic heterocycles. The summed E-state index contributed by atoms with van der Waals surface area (Å²) >= 11 is 0. The van der Waals surface area contributed by atoms with Crippen molar-refractivity contribution in [3.05, 3.63) is 65.7 Å². The van der Waals surface area contributed by atoms with Gasteiger partial charge in [0.1, 0.15) is 0 Å². The standard InChI is InChI=1S/C26H38N2O/c1-6-28(20-22-12-14-24(15-13-22)27(4)5)18-16-26(23-10-8-7-9-11-23)17-19-29-25(2,3)21-26/h7-15H,6,16-21H2,1-5H3. The third-order valence-corrected chi connectivity index (χ3v) is 6.44. The van der Waals surface area contributed by atoms with Crippen molar-refractivity contribution in [1.82, 2.24) is 4.90 Å². The van der Waals surface area contributed by atoms with Crippen molar-refractivity contribution >= 4 is 5.69 Å². The van der Waals surface area contributed by atoms with E-state index in [2.05, 4.69) is 99.3 Å². The molecule has 158 valence electrons. The molecular formula is C26H38N2O. The van der Waals surface area contributed by atoms with Gasteiger partial charge in [0.25, 0.3) is 0 Å². The van der Waals surface area contributed by atoms with Gasteiger partial charge < -0.3 is 9.64 Å². The zero-order chi connectivity index (χ0) is 20.9. The van der Waals surface area contributed by atoms with Gasteiger partial charge in [-0.3, -0.25) is 4.90 Å². The summed E-state index contributed by atoms with van der Waals surface area (Å²) in [7, 11) is 4.18. The number of anilines is 1. The molecule has 0 bridgehead atoms. The van der Waals surface area contributed by atoms with E-state index < -0.39 is 0 Å². The van der Waals surface area contributed by atoms with Crippen molar-refractivity contribution in [3.63, 3.8) is 0 Å². The Kier molecular flexibility index (Phi) is 7.02. The lowest BCUT2D eigenvalue weighted by molar-refractivity contribution is -0.0853. The highest BCUT2D eigenvalue weighted by Crippen LogP contribution is 2.44. The quantitative estimate of drug-likeness (QED) is 0.589. The van der Waals surface area contributed by atoms with Gasteiger partial charge in [-0.15, -0.1) is 0 Å². The lowest BCUT2D eigenvalue weighted by atomic mass is 9.67. The third-order valence-electron chi connectivity index (χ3n) is 6.44. The van der Waals surface area contributed by atoms with Crippen molar-refractivity contribution in [3.8, 4) is 0 Å². The Morgan fingerprint density at radius 3 is 2.24 bits per heavy atom. The van der Waals surface area contributed by atoms with Gasteiger partial charge >= 0.3 is 0 Å². The minimum atomic E-state index is -0.0624. The fraction of sp³-hybridized carbons (Fsp3) is 0.538. The second kappa shape index (κ2) is 9.32. The fourth-order valence-electron chi connectivity index (χ4n) is 4.75. The van der Waals surface area contributed by atoms with Crippen molar-refractivity contribution in [2.75, 3.05) is 38.7 Å². The first-order valence-corrected chi connectivity index (χ1v) is 11.0. The molecule has 0 radical (unpaired) electrons. The van der Waals surface area contributed by atoms with Gasteiger partial charge in [0.2, 0.25) is 0 Å². The predicted molar refractivity (Wildman–Crippen MR) is 124 cm³/mol. The lowest BCUT2D eigenvalue weighted by Crippen LogP contribution is -2.45. The Balaban J connectivity index is 1.72. The molecule has 2 aromatic carbocycles. The Labute approximate surface area is 177 Å². The molecule has 1 fully saturated rings. The maximum Gasteiger partial charge on any atom is 0.0635 e. The van der Waals surface area contributed by atoms with E-state index in [4.69, 9.17) is 4.74 Å². The molecule has 1 heterocycles. The van der Waals surface area contributed by atoms with Gasteiger partial charge in [-0.2, -0.15) is 0 Å². The summed E-state index contributed by atoms with van der Waals surface area (Å²) in [6.07, 6.45) is 3.36. The Morgan fingerprint density at radius 2 is 1.66 bits per heavy atom. The summed E-state index contributed by atoms with van der Waals surface area (Å²) in [5.74, 6) is 0. The highest BCUT2D eigenvalue weighted by atomic mass is 16.5. The van der Waals surface area contributed by atoms with Gasteiger partial charge in [0.15, 0.2) is 0 Å². The highest BCUT2D eigenvalue weighted by Gasteiger charge is 2.41. The molecular weight excluding hydrogens is 356 g/mol. The number of hydrogen-bond donors (Lipinski definition) is 0. The Bertz CT molecular complexity index is 754. The van der Waals surface area contributed by atoms with E-state index in [1.54, 1.807) is 0 Å². The van der Waals surface area contributed by atoms with Crippen molar-refractivity contribution in [1.29, 1.82) is 0 Å². The first kappa shape index (κ1) is 21.9.